The zero-order chi connectivity index (χ0) is 17.7. The van der Waals surface area contributed by atoms with Crippen molar-refractivity contribution in [1.82, 2.24) is 0 Å². The molecule has 0 fully saturated rings. The fraction of sp³-hybridized carbons (Fsp3) is 0.294. The second kappa shape index (κ2) is 7.44. The standard InChI is InChI=1S/C17H21NO5S/c1-21-15-8-6-5-7-13(15)12-18(24(4,19)20)14-9-10-16(22-2)17(11-14)23-3/h5-11H,12H2,1-4H3. The highest BCUT2D eigenvalue weighted by Crippen LogP contribution is 2.33. The third-order valence-corrected chi connectivity index (χ3v) is 4.70. The maximum absolute atomic E-state index is 12.3. The molecule has 7 heteroatoms. The summed E-state index contributed by atoms with van der Waals surface area (Å²) in [6, 6.07) is 12.3. The van der Waals surface area contributed by atoms with Crippen LogP contribution >= 0.6 is 0 Å². The second-order valence-electron chi connectivity index (χ2n) is 5.12. The predicted molar refractivity (Wildman–Crippen MR) is 93.6 cm³/mol. The summed E-state index contributed by atoms with van der Waals surface area (Å²) in [6.07, 6.45) is 1.17. The van der Waals surface area contributed by atoms with E-state index in [-0.39, 0.29) is 6.54 Å². The van der Waals surface area contributed by atoms with Gasteiger partial charge in [0.1, 0.15) is 5.75 Å². The average Bonchev–Trinajstić information content (AvgIpc) is 2.58. The summed E-state index contributed by atoms with van der Waals surface area (Å²) < 4.78 is 41.7. The van der Waals surface area contributed by atoms with Crippen LogP contribution in [0.25, 0.3) is 0 Å². The topological polar surface area (TPSA) is 65.1 Å². The van der Waals surface area contributed by atoms with Gasteiger partial charge < -0.3 is 14.2 Å². The number of para-hydroxylation sites is 1. The van der Waals surface area contributed by atoms with Crippen LogP contribution in [0.5, 0.6) is 17.2 Å². The van der Waals surface area contributed by atoms with Crippen molar-refractivity contribution in [2.45, 2.75) is 6.54 Å². The molecule has 130 valence electrons. The molecular formula is C17H21NO5S. The summed E-state index contributed by atoms with van der Waals surface area (Å²) in [7, 11) is 1.09. The van der Waals surface area contributed by atoms with Gasteiger partial charge in [0.25, 0.3) is 0 Å². The van der Waals surface area contributed by atoms with E-state index in [4.69, 9.17) is 14.2 Å². The summed E-state index contributed by atoms with van der Waals surface area (Å²) in [4.78, 5) is 0. The van der Waals surface area contributed by atoms with Gasteiger partial charge in [0.15, 0.2) is 11.5 Å². The van der Waals surface area contributed by atoms with Crippen LogP contribution in [0.15, 0.2) is 42.5 Å². The van der Waals surface area contributed by atoms with Gasteiger partial charge in [-0.25, -0.2) is 8.42 Å². The first kappa shape index (κ1) is 17.9. The summed E-state index contributed by atoms with van der Waals surface area (Å²) in [5.41, 5.74) is 1.25. The molecule has 0 spiro atoms. The number of sulfonamides is 1. The summed E-state index contributed by atoms with van der Waals surface area (Å²) in [5.74, 6) is 1.63. The van der Waals surface area contributed by atoms with Gasteiger partial charge >= 0.3 is 0 Å². The number of methoxy groups -OCH3 is 3. The van der Waals surface area contributed by atoms with Gasteiger partial charge in [-0.1, -0.05) is 18.2 Å². The number of hydrogen-bond acceptors (Lipinski definition) is 5. The molecule has 24 heavy (non-hydrogen) atoms. The molecular weight excluding hydrogens is 330 g/mol. The smallest absolute Gasteiger partial charge is 0.232 e. The summed E-state index contributed by atoms with van der Waals surface area (Å²) in [6.45, 7) is 0.151. The molecule has 0 aliphatic heterocycles. The van der Waals surface area contributed by atoms with Crippen LogP contribution in [-0.2, 0) is 16.6 Å². The van der Waals surface area contributed by atoms with Crippen molar-refractivity contribution in [3.05, 3.63) is 48.0 Å². The van der Waals surface area contributed by atoms with Crippen molar-refractivity contribution >= 4 is 15.7 Å². The maximum atomic E-state index is 12.3. The van der Waals surface area contributed by atoms with Crippen LogP contribution in [0.4, 0.5) is 5.69 Å². The van der Waals surface area contributed by atoms with Gasteiger partial charge in [-0.3, -0.25) is 4.31 Å². The second-order valence-corrected chi connectivity index (χ2v) is 7.03. The van der Waals surface area contributed by atoms with Gasteiger partial charge in [-0.15, -0.1) is 0 Å². The van der Waals surface area contributed by atoms with Crippen molar-refractivity contribution in [2.24, 2.45) is 0 Å². The molecule has 0 saturated carbocycles. The Hall–Kier alpha value is -2.41. The lowest BCUT2D eigenvalue weighted by Gasteiger charge is -2.24. The van der Waals surface area contributed by atoms with Gasteiger partial charge in [-0.2, -0.15) is 0 Å². The molecule has 2 rings (SSSR count). The van der Waals surface area contributed by atoms with E-state index >= 15 is 0 Å². The Labute approximate surface area is 142 Å². The van der Waals surface area contributed by atoms with Crippen LogP contribution in [0.1, 0.15) is 5.56 Å². The first-order chi connectivity index (χ1) is 11.4. The lowest BCUT2D eigenvalue weighted by atomic mass is 10.2. The lowest BCUT2D eigenvalue weighted by Crippen LogP contribution is -2.29. The minimum atomic E-state index is -3.50. The Morgan fingerprint density at radius 2 is 1.50 bits per heavy atom. The Morgan fingerprint density at radius 1 is 0.875 bits per heavy atom. The fourth-order valence-electron chi connectivity index (χ4n) is 2.37. The van der Waals surface area contributed by atoms with Crippen molar-refractivity contribution in [2.75, 3.05) is 31.9 Å². The lowest BCUT2D eigenvalue weighted by molar-refractivity contribution is 0.355. The molecule has 6 nitrogen and oxygen atoms in total. The minimum Gasteiger partial charge on any atom is -0.496 e. The normalized spacial score (nSPS) is 11.0. The summed E-state index contributed by atoms with van der Waals surface area (Å²) in [5, 5.41) is 0. The van der Waals surface area contributed by atoms with Gasteiger partial charge in [0.2, 0.25) is 10.0 Å². The van der Waals surface area contributed by atoms with Crippen LogP contribution in [0.2, 0.25) is 0 Å². The molecule has 0 unspecified atom stereocenters. The van der Waals surface area contributed by atoms with E-state index in [0.717, 1.165) is 5.56 Å². The highest BCUT2D eigenvalue weighted by atomic mass is 32.2. The quantitative estimate of drug-likeness (QED) is 0.767. The third kappa shape index (κ3) is 3.91. The van der Waals surface area contributed by atoms with Crippen LogP contribution in [0.3, 0.4) is 0 Å². The van der Waals surface area contributed by atoms with E-state index in [1.807, 2.05) is 18.2 Å². The van der Waals surface area contributed by atoms with E-state index in [9.17, 15) is 8.42 Å². The zero-order valence-corrected chi connectivity index (χ0v) is 15.0. The molecule has 2 aromatic rings. The van der Waals surface area contributed by atoms with E-state index < -0.39 is 10.0 Å². The molecule has 0 heterocycles. The Morgan fingerprint density at radius 3 is 2.08 bits per heavy atom. The number of anilines is 1. The average molecular weight is 351 g/mol. The van der Waals surface area contributed by atoms with Crippen LogP contribution in [-0.4, -0.2) is 36.0 Å². The van der Waals surface area contributed by atoms with Crippen molar-refractivity contribution in [3.63, 3.8) is 0 Å². The molecule has 0 aromatic heterocycles. The molecule has 0 saturated heterocycles. The molecule has 0 N–H and O–H groups in total. The van der Waals surface area contributed by atoms with Gasteiger partial charge in [0, 0.05) is 11.6 Å². The first-order valence-corrected chi connectivity index (χ1v) is 9.07. The monoisotopic (exact) mass is 351 g/mol. The van der Waals surface area contributed by atoms with Crippen molar-refractivity contribution in [1.29, 1.82) is 0 Å². The number of benzene rings is 2. The zero-order valence-electron chi connectivity index (χ0n) is 14.1. The molecule has 0 aliphatic rings. The Balaban J connectivity index is 2.47. The minimum absolute atomic E-state index is 0.151. The Kier molecular flexibility index (Phi) is 5.56. The molecule has 0 radical (unpaired) electrons. The van der Waals surface area contributed by atoms with E-state index in [1.54, 1.807) is 31.4 Å². The molecule has 0 bridgehead atoms. The predicted octanol–water partition coefficient (Wildman–Crippen LogP) is 2.68. The SMILES string of the molecule is COc1ccccc1CN(c1ccc(OC)c(OC)c1)S(C)(=O)=O. The number of nitrogens with zero attached hydrogens (tertiary/aromatic N) is 1. The largest absolute Gasteiger partial charge is 0.496 e. The summed E-state index contributed by atoms with van der Waals surface area (Å²) >= 11 is 0. The number of ether oxygens (including phenoxy) is 3. The number of rotatable bonds is 7. The van der Waals surface area contributed by atoms with Crippen molar-refractivity contribution in [3.8, 4) is 17.2 Å². The van der Waals surface area contributed by atoms with Gasteiger partial charge in [0.05, 0.1) is 39.8 Å². The third-order valence-electron chi connectivity index (χ3n) is 3.56. The highest BCUT2D eigenvalue weighted by molar-refractivity contribution is 7.92. The van der Waals surface area contributed by atoms with E-state index in [1.165, 1.54) is 24.8 Å². The Bertz CT molecular complexity index is 804. The highest BCUT2D eigenvalue weighted by Gasteiger charge is 2.21. The van der Waals surface area contributed by atoms with Crippen LogP contribution in [0, 0.1) is 0 Å². The molecule has 0 aliphatic carbocycles. The molecule has 2 aromatic carbocycles. The van der Waals surface area contributed by atoms with E-state index in [0.29, 0.717) is 22.9 Å². The molecule has 0 amide bonds. The van der Waals surface area contributed by atoms with Crippen molar-refractivity contribution < 1.29 is 22.6 Å². The first-order valence-electron chi connectivity index (χ1n) is 7.22. The van der Waals surface area contributed by atoms with E-state index in [2.05, 4.69) is 0 Å². The van der Waals surface area contributed by atoms with Crippen LogP contribution < -0.4 is 18.5 Å². The fourth-order valence-corrected chi connectivity index (χ4v) is 3.24. The maximum Gasteiger partial charge on any atom is 0.232 e. The van der Waals surface area contributed by atoms with Gasteiger partial charge in [-0.05, 0) is 18.2 Å². The number of hydrogen-bond donors (Lipinski definition) is 0. The molecule has 0 atom stereocenters.